The van der Waals surface area contributed by atoms with Gasteiger partial charge < -0.3 is 30.2 Å². The van der Waals surface area contributed by atoms with E-state index in [0.29, 0.717) is 0 Å². The maximum absolute atomic E-state index is 12.1. The Morgan fingerprint density at radius 2 is 2.00 bits per heavy atom. The predicted molar refractivity (Wildman–Crippen MR) is 96.1 cm³/mol. The van der Waals surface area contributed by atoms with Gasteiger partial charge in [-0.05, 0) is 12.5 Å². The molecule has 1 aliphatic heterocycles. The number of aliphatic hydroxyl groups excluding tert-OH is 2. The van der Waals surface area contributed by atoms with Crippen molar-refractivity contribution in [2.75, 3.05) is 6.61 Å². The monoisotopic (exact) mass is 406 g/mol. The van der Waals surface area contributed by atoms with Crippen LogP contribution >= 0.6 is 0 Å². The number of carbonyl (C=O) groups is 2. The third-order valence-corrected chi connectivity index (χ3v) is 4.39. The van der Waals surface area contributed by atoms with Crippen LogP contribution in [0.25, 0.3) is 0 Å². The minimum Gasteiger partial charge on any atom is -0.461 e. The molecule has 0 aliphatic carbocycles. The number of amides is 1. The molecule has 1 aromatic heterocycles. The van der Waals surface area contributed by atoms with E-state index in [0.717, 1.165) is 16.6 Å². The van der Waals surface area contributed by atoms with Crippen molar-refractivity contribution in [1.29, 1.82) is 0 Å². The maximum Gasteiger partial charge on any atom is 0.335 e. The van der Waals surface area contributed by atoms with Crippen LogP contribution in [0.15, 0.2) is 36.7 Å². The van der Waals surface area contributed by atoms with Crippen molar-refractivity contribution in [2.24, 2.45) is 5.73 Å². The highest BCUT2D eigenvalue weighted by Gasteiger charge is 2.45. The van der Waals surface area contributed by atoms with Gasteiger partial charge in [-0.2, -0.15) is 0 Å². The van der Waals surface area contributed by atoms with Gasteiger partial charge >= 0.3 is 5.97 Å². The van der Waals surface area contributed by atoms with Crippen molar-refractivity contribution < 1.29 is 34.0 Å². The van der Waals surface area contributed by atoms with E-state index in [-0.39, 0.29) is 19.0 Å². The number of nitrogens with zero attached hydrogens (tertiary/aromatic N) is 3. The van der Waals surface area contributed by atoms with Crippen molar-refractivity contribution in [3.05, 3.63) is 48.0 Å². The quantitative estimate of drug-likeness (QED) is 0.474. The van der Waals surface area contributed by atoms with Gasteiger partial charge in [0.2, 0.25) is 5.82 Å². The summed E-state index contributed by atoms with van der Waals surface area (Å²) in [7, 11) is 0. The third-order valence-electron chi connectivity index (χ3n) is 4.39. The number of aromatic nitrogens is 3. The number of ether oxygens (including phenoxy) is 3. The number of carbonyl (C=O) groups excluding carboxylic acids is 2. The molecule has 0 saturated carbocycles. The molecule has 1 aliphatic rings. The van der Waals surface area contributed by atoms with Crippen molar-refractivity contribution in [2.45, 2.75) is 44.2 Å². The Morgan fingerprint density at radius 1 is 1.28 bits per heavy atom. The lowest BCUT2D eigenvalue weighted by Gasteiger charge is -2.17. The van der Waals surface area contributed by atoms with E-state index in [9.17, 15) is 19.8 Å². The van der Waals surface area contributed by atoms with E-state index in [4.69, 9.17) is 19.9 Å². The van der Waals surface area contributed by atoms with Crippen LogP contribution in [-0.4, -0.2) is 67.9 Å². The van der Waals surface area contributed by atoms with Gasteiger partial charge in [-0.3, -0.25) is 4.79 Å². The lowest BCUT2D eigenvalue weighted by molar-refractivity contribution is -0.163. The highest BCUT2D eigenvalue weighted by atomic mass is 16.6. The molecule has 29 heavy (non-hydrogen) atoms. The average molecular weight is 406 g/mol. The summed E-state index contributed by atoms with van der Waals surface area (Å²) in [6.07, 6.45) is -4.50. The molecule has 0 radical (unpaired) electrons. The first-order chi connectivity index (χ1) is 13.9. The Balaban J connectivity index is 1.50. The summed E-state index contributed by atoms with van der Waals surface area (Å²) < 4.78 is 17.2. The lowest BCUT2D eigenvalue weighted by atomic mass is 10.1. The molecule has 1 fully saturated rings. The first kappa shape index (κ1) is 20.9. The van der Waals surface area contributed by atoms with E-state index in [1.54, 1.807) is 6.92 Å². The molecule has 0 bridgehead atoms. The number of aliphatic hydroxyl groups is 2. The zero-order valence-corrected chi connectivity index (χ0v) is 15.6. The zero-order chi connectivity index (χ0) is 21.0. The van der Waals surface area contributed by atoms with E-state index < -0.39 is 42.5 Å². The molecular formula is C18H22N4O7. The van der Waals surface area contributed by atoms with Gasteiger partial charge in [-0.15, -0.1) is 5.10 Å². The summed E-state index contributed by atoms with van der Waals surface area (Å²) in [6.45, 7) is 1.49. The van der Waals surface area contributed by atoms with Gasteiger partial charge in [0.05, 0.1) is 6.61 Å². The maximum atomic E-state index is 12.1. The molecule has 1 aromatic carbocycles. The van der Waals surface area contributed by atoms with Crippen molar-refractivity contribution in [3.8, 4) is 0 Å². The summed E-state index contributed by atoms with van der Waals surface area (Å²) in [5.41, 5.74) is 6.00. The lowest BCUT2D eigenvalue weighted by Crippen LogP contribution is -2.35. The second-order valence-corrected chi connectivity index (χ2v) is 6.53. The van der Waals surface area contributed by atoms with Crippen LogP contribution in [0, 0.1) is 0 Å². The van der Waals surface area contributed by atoms with E-state index >= 15 is 0 Å². The van der Waals surface area contributed by atoms with Crippen molar-refractivity contribution >= 4 is 11.9 Å². The normalized spacial score (nSPS) is 24.9. The number of hydrogen-bond donors (Lipinski definition) is 3. The van der Waals surface area contributed by atoms with E-state index in [2.05, 4.69) is 10.1 Å². The predicted octanol–water partition coefficient (Wildman–Crippen LogP) is -0.855. The molecule has 2 aromatic rings. The molecule has 11 nitrogen and oxygen atoms in total. The molecule has 5 atom stereocenters. The van der Waals surface area contributed by atoms with E-state index in [1.807, 2.05) is 30.3 Å². The Morgan fingerprint density at radius 3 is 2.66 bits per heavy atom. The van der Waals surface area contributed by atoms with Gasteiger partial charge in [-0.25, -0.2) is 14.5 Å². The van der Waals surface area contributed by atoms with Crippen LogP contribution in [0.5, 0.6) is 0 Å². The van der Waals surface area contributed by atoms with Crippen molar-refractivity contribution in [1.82, 2.24) is 14.8 Å². The number of rotatable bonds is 8. The summed E-state index contributed by atoms with van der Waals surface area (Å²) >= 11 is 0. The van der Waals surface area contributed by atoms with E-state index in [1.165, 1.54) is 0 Å². The number of benzene rings is 1. The molecular weight excluding hydrogens is 384 g/mol. The highest BCUT2D eigenvalue weighted by Crippen LogP contribution is 2.29. The number of nitrogens with two attached hydrogens (primary N) is 1. The molecule has 1 amide bonds. The molecule has 11 heteroatoms. The van der Waals surface area contributed by atoms with Gasteiger partial charge in [0.25, 0.3) is 5.91 Å². The fourth-order valence-electron chi connectivity index (χ4n) is 2.74. The smallest absolute Gasteiger partial charge is 0.335 e. The molecule has 4 unspecified atom stereocenters. The second-order valence-electron chi connectivity index (χ2n) is 6.53. The van der Waals surface area contributed by atoms with Crippen LogP contribution in [0.1, 0.15) is 29.3 Å². The minimum absolute atomic E-state index is 0.245. The Bertz CT molecular complexity index is 844. The van der Waals surface area contributed by atoms with Crippen LogP contribution in [0.4, 0.5) is 0 Å². The second kappa shape index (κ2) is 9.09. The molecule has 4 N–H and O–H groups in total. The Kier molecular flexibility index (Phi) is 6.54. The van der Waals surface area contributed by atoms with Crippen LogP contribution in [-0.2, 0) is 25.6 Å². The SMILES string of the molecule is CC(OCc1ccccc1)C(=O)OCC1O[C@@H](n2cnc(C(N)=O)n2)C(O)C1O. The van der Waals surface area contributed by atoms with Crippen molar-refractivity contribution in [3.63, 3.8) is 0 Å². The molecule has 2 heterocycles. The average Bonchev–Trinajstić information content (AvgIpc) is 3.31. The Hall–Kier alpha value is -2.86. The first-order valence-corrected chi connectivity index (χ1v) is 8.91. The number of primary amides is 1. The van der Waals surface area contributed by atoms with Crippen LogP contribution in [0.2, 0.25) is 0 Å². The summed E-state index contributed by atoms with van der Waals surface area (Å²) in [5, 5.41) is 24.1. The first-order valence-electron chi connectivity index (χ1n) is 8.91. The van der Waals surface area contributed by atoms with Crippen LogP contribution in [0.3, 0.4) is 0 Å². The molecule has 156 valence electrons. The fraction of sp³-hybridized carbons (Fsp3) is 0.444. The zero-order valence-electron chi connectivity index (χ0n) is 15.6. The minimum atomic E-state index is -1.37. The highest BCUT2D eigenvalue weighted by molar-refractivity contribution is 5.88. The summed E-state index contributed by atoms with van der Waals surface area (Å²) in [4.78, 5) is 26.9. The van der Waals surface area contributed by atoms with Gasteiger partial charge in [-0.1, -0.05) is 30.3 Å². The molecule has 0 spiro atoms. The summed E-state index contributed by atoms with van der Waals surface area (Å²) in [6, 6.07) is 9.35. The topological polar surface area (TPSA) is 159 Å². The number of hydrogen-bond acceptors (Lipinski definition) is 9. The van der Waals surface area contributed by atoms with Crippen LogP contribution < -0.4 is 5.73 Å². The van der Waals surface area contributed by atoms with Gasteiger partial charge in [0.15, 0.2) is 12.3 Å². The standard InChI is InChI=1S/C18H22N4O7/c1-10(27-7-11-5-3-2-4-6-11)18(26)28-8-12-13(23)14(24)17(29-12)22-9-20-16(21-22)15(19)25/h2-6,9-10,12-14,17,23-24H,7-8H2,1H3,(H2,19,25)/t10?,12?,13?,14?,17-/m1/s1. The summed E-state index contributed by atoms with van der Waals surface area (Å²) in [5.74, 6) is -1.73. The number of esters is 1. The largest absolute Gasteiger partial charge is 0.461 e. The molecule has 3 rings (SSSR count). The molecule has 1 saturated heterocycles. The Labute approximate surface area is 166 Å². The fourth-order valence-corrected chi connectivity index (χ4v) is 2.74. The third kappa shape index (κ3) is 4.95. The van der Waals surface area contributed by atoms with Gasteiger partial charge in [0.1, 0.15) is 31.2 Å². The van der Waals surface area contributed by atoms with Gasteiger partial charge in [0, 0.05) is 0 Å².